The van der Waals surface area contributed by atoms with E-state index in [0.29, 0.717) is 6.42 Å². The zero-order chi connectivity index (χ0) is 25.6. The lowest BCUT2D eigenvalue weighted by atomic mass is 10.1. The lowest BCUT2D eigenvalue weighted by Crippen LogP contribution is -2.45. The quantitative estimate of drug-likeness (QED) is 0.110. The summed E-state index contributed by atoms with van der Waals surface area (Å²) in [6, 6.07) is 0. The van der Waals surface area contributed by atoms with Crippen molar-refractivity contribution in [3.05, 3.63) is 12.2 Å². The average Bonchev–Trinajstić information content (AvgIpc) is 2.75. The van der Waals surface area contributed by atoms with Crippen molar-refractivity contribution < 1.29 is 29.7 Å². The third-order valence-electron chi connectivity index (χ3n) is 5.80. The number of allylic oxidation sites excluding steroid dienone is 2. The first kappa shape index (κ1) is 32.1. The van der Waals surface area contributed by atoms with Gasteiger partial charge in [-0.2, -0.15) is 0 Å². The van der Waals surface area contributed by atoms with E-state index < -0.39 is 31.3 Å². The highest BCUT2D eigenvalue weighted by atomic mass is 16.4. The third-order valence-corrected chi connectivity index (χ3v) is 5.80. The van der Waals surface area contributed by atoms with E-state index >= 15 is 0 Å². The van der Waals surface area contributed by atoms with Crippen molar-refractivity contribution in [1.29, 1.82) is 0 Å². The van der Waals surface area contributed by atoms with Crippen molar-refractivity contribution in [2.45, 2.75) is 110 Å². The van der Waals surface area contributed by atoms with Crippen molar-refractivity contribution in [1.82, 2.24) is 9.80 Å². The molecule has 0 saturated heterocycles. The number of carbonyl (C=O) groups is 3. The number of carboxylic acid groups (broad SMARTS) is 2. The maximum Gasteiger partial charge on any atom is 0.317 e. The van der Waals surface area contributed by atoms with Crippen LogP contribution in [0.15, 0.2) is 12.2 Å². The number of aliphatic hydroxyl groups is 1. The molecule has 0 aliphatic carbocycles. The second kappa shape index (κ2) is 21.6. The molecule has 0 fully saturated rings. The van der Waals surface area contributed by atoms with E-state index in [1.807, 2.05) is 0 Å². The van der Waals surface area contributed by atoms with Crippen LogP contribution < -0.4 is 0 Å². The van der Waals surface area contributed by atoms with Crippen molar-refractivity contribution in [3.63, 3.8) is 0 Å². The molecule has 1 amide bonds. The molecule has 1 unspecified atom stereocenters. The van der Waals surface area contributed by atoms with Crippen molar-refractivity contribution in [2.24, 2.45) is 0 Å². The van der Waals surface area contributed by atoms with E-state index in [4.69, 9.17) is 10.2 Å². The Bertz CT molecular complexity index is 564. The highest BCUT2D eigenvalue weighted by molar-refractivity contribution is 5.76. The summed E-state index contributed by atoms with van der Waals surface area (Å²) in [4.78, 5) is 36.8. The van der Waals surface area contributed by atoms with Gasteiger partial charge in [-0.05, 0) is 39.0 Å². The van der Waals surface area contributed by atoms with Gasteiger partial charge in [0.15, 0.2) is 0 Å². The summed E-state index contributed by atoms with van der Waals surface area (Å²) in [6.45, 7) is 3.02. The van der Waals surface area contributed by atoms with Gasteiger partial charge in [-0.3, -0.25) is 19.3 Å². The molecule has 34 heavy (non-hydrogen) atoms. The Morgan fingerprint density at radius 2 is 1.21 bits per heavy atom. The molecule has 8 heteroatoms. The van der Waals surface area contributed by atoms with Gasteiger partial charge in [0, 0.05) is 19.5 Å². The van der Waals surface area contributed by atoms with Gasteiger partial charge < -0.3 is 20.2 Å². The molecule has 0 aliphatic heterocycles. The van der Waals surface area contributed by atoms with Crippen LogP contribution >= 0.6 is 0 Å². The highest BCUT2D eigenvalue weighted by Gasteiger charge is 2.20. The smallest absolute Gasteiger partial charge is 0.317 e. The van der Waals surface area contributed by atoms with E-state index in [1.54, 1.807) is 0 Å². The van der Waals surface area contributed by atoms with Gasteiger partial charge in [0.2, 0.25) is 5.91 Å². The van der Waals surface area contributed by atoms with E-state index in [9.17, 15) is 19.5 Å². The lowest BCUT2D eigenvalue weighted by Gasteiger charge is -2.28. The molecule has 0 aromatic heterocycles. The summed E-state index contributed by atoms with van der Waals surface area (Å²) >= 11 is 0. The second-order valence-electron chi connectivity index (χ2n) is 9.05. The minimum atomic E-state index is -1.13. The van der Waals surface area contributed by atoms with Gasteiger partial charge in [-0.15, -0.1) is 0 Å². The number of hydrogen-bond donors (Lipinski definition) is 3. The molecule has 0 saturated carbocycles. The maximum atomic E-state index is 12.5. The Kier molecular flexibility index (Phi) is 20.4. The van der Waals surface area contributed by atoms with Crippen molar-refractivity contribution in [2.75, 3.05) is 26.2 Å². The van der Waals surface area contributed by atoms with E-state index in [1.165, 1.54) is 61.7 Å². The van der Waals surface area contributed by atoms with Crippen molar-refractivity contribution in [3.8, 4) is 0 Å². The second-order valence-corrected chi connectivity index (χ2v) is 9.05. The summed E-state index contributed by atoms with van der Waals surface area (Å²) < 4.78 is 0. The minimum absolute atomic E-state index is 0.0710. The molecular weight excluding hydrogens is 436 g/mol. The average molecular weight is 485 g/mol. The van der Waals surface area contributed by atoms with Crippen LogP contribution in [-0.2, 0) is 14.4 Å². The number of unbranched alkanes of at least 4 members (excludes halogenated alkanes) is 11. The SMILES string of the molecule is CCCCCCCC/C=C\CCCCCCCC(=O)N(CCN(CC(=O)O)CC(=O)O)C(C)O. The molecule has 0 radical (unpaired) electrons. The molecule has 3 N–H and O–H groups in total. The first-order valence-electron chi connectivity index (χ1n) is 13.1. The molecule has 0 aromatic rings. The zero-order valence-electron chi connectivity index (χ0n) is 21.4. The first-order chi connectivity index (χ1) is 16.3. The Labute approximate surface area is 206 Å². The largest absolute Gasteiger partial charge is 0.480 e. The normalized spacial score (nSPS) is 12.4. The fraction of sp³-hybridized carbons (Fsp3) is 0.808. The Hall–Kier alpha value is -1.93. The monoisotopic (exact) mass is 484 g/mol. The summed E-state index contributed by atoms with van der Waals surface area (Å²) in [5, 5.41) is 27.8. The Morgan fingerprint density at radius 1 is 0.735 bits per heavy atom. The van der Waals surface area contributed by atoms with Gasteiger partial charge in [0.25, 0.3) is 0 Å². The van der Waals surface area contributed by atoms with Crippen LogP contribution in [0.4, 0.5) is 0 Å². The van der Waals surface area contributed by atoms with Crippen LogP contribution in [0.1, 0.15) is 104 Å². The predicted molar refractivity (Wildman–Crippen MR) is 135 cm³/mol. The van der Waals surface area contributed by atoms with Gasteiger partial charge >= 0.3 is 11.9 Å². The number of aliphatic hydroxyl groups excluding tert-OH is 1. The first-order valence-corrected chi connectivity index (χ1v) is 13.1. The van der Waals surface area contributed by atoms with Crippen LogP contribution in [-0.4, -0.2) is 75.4 Å². The number of carboxylic acids is 2. The maximum absolute atomic E-state index is 12.5. The standard InChI is InChI=1S/C26H48N2O6/c1-3-4-5-6-7-8-9-10-11-12-13-14-15-16-17-18-24(30)28(23(2)29)20-19-27(21-25(31)32)22-26(33)34/h10-11,23,29H,3-9,12-22H2,1-2H3,(H,31,32)(H,33,34)/b11-10-. The van der Waals surface area contributed by atoms with Gasteiger partial charge in [-0.25, -0.2) is 0 Å². The van der Waals surface area contributed by atoms with Crippen LogP contribution in [0.25, 0.3) is 0 Å². The van der Waals surface area contributed by atoms with E-state index in [0.717, 1.165) is 38.5 Å². The number of hydrogen-bond acceptors (Lipinski definition) is 5. The zero-order valence-corrected chi connectivity index (χ0v) is 21.4. The van der Waals surface area contributed by atoms with Crippen LogP contribution in [0.5, 0.6) is 0 Å². The third kappa shape index (κ3) is 19.5. The van der Waals surface area contributed by atoms with Crippen molar-refractivity contribution >= 4 is 17.8 Å². The summed E-state index contributed by atoms with van der Waals surface area (Å²) in [5.41, 5.74) is 0. The number of amides is 1. The van der Waals surface area contributed by atoms with E-state index in [-0.39, 0.29) is 19.0 Å². The molecule has 198 valence electrons. The van der Waals surface area contributed by atoms with Crippen LogP contribution in [0, 0.1) is 0 Å². The number of aliphatic carboxylic acids is 2. The van der Waals surface area contributed by atoms with Gasteiger partial charge in [0.1, 0.15) is 6.23 Å². The molecule has 1 atom stereocenters. The predicted octanol–water partition coefficient (Wildman–Crippen LogP) is 4.66. The molecule has 0 spiro atoms. The molecule has 0 bridgehead atoms. The summed E-state index contributed by atoms with van der Waals surface area (Å²) in [6.07, 6.45) is 19.2. The van der Waals surface area contributed by atoms with Gasteiger partial charge in [0.05, 0.1) is 13.1 Å². The molecule has 8 nitrogen and oxygen atoms in total. The summed E-state index contributed by atoms with van der Waals surface area (Å²) in [7, 11) is 0. The fourth-order valence-corrected chi connectivity index (χ4v) is 3.86. The Morgan fingerprint density at radius 3 is 1.68 bits per heavy atom. The van der Waals surface area contributed by atoms with Crippen LogP contribution in [0.3, 0.4) is 0 Å². The molecule has 0 aliphatic rings. The number of nitrogens with zero attached hydrogens (tertiary/aromatic N) is 2. The van der Waals surface area contributed by atoms with E-state index in [2.05, 4.69) is 19.1 Å². The highest BCUT2D eigenvalue weighted by Crippen LogP contribution is 2.11. The number of rotatable bonds is 23. The summed E-state index contributed by atoms with van der Waals surface area (Å²) in [5.74, 6) is -2.47. The topological polar surface area (TPSA) is 118 Å². The molecule has 0 rings (SSSR count). The lowest BCUT2D eigenvalue weighted by molar-refractivity contribution is -0.142. The fourth-order valence-electron chi connectivity index (χ4n) is 3.86. The number of carbonyl (C=O) groups excluding carboxylic acids is 1. The van der Waals surface area contributed by atoms with Gasteiger partial charge in [-0.1, -0.05) is 70.4 Å². The molecule has 0 aromatic carbocycles. The minimum Gasteiger partial charge on any atom is -0.480 e. The van der Waals surface area contributed by atoms with Crippen LogP contribution in [0.2, 0.25) is 0 Å². The Balaban J connectivity index is 3.95. The molecule has 0 heterocycles. The molecular formula is C26H48N2O6.